The molecular weight excluding hydrogens is 445 g/mol. The van der Waals surface area contributed by atoms with Gasteiger partial charge < -0.3 is 9.88 Å². The van der Waals surface area contributed by atoms with E-state index in [0.717, 1.165) is 36.8 Å². The number of aromatic nitrogens is 3. The number of nitrogens with zero attached hydrogens (tertiary/aromatic N) is 4. The van der Waals surface area contributed by atoms with E-state index in [1.807, 2.05) is 11.5 Å². The highest BCUT2D eigenvalue weighted by atomic mass is 32.2. The van der Waals surface area contributed by atoms with Crippen LogP contribution in [0.2, 0.25) is 0 Å². The number of fused-ring (bicyclic) bond motifs is 1. The average Bonchev–Trinajstić information content (AvgIpc) is 3.37. The molecule has 1 amide bonds. The van der Waals surface area contributed by atoms with Crippen LogP contribution in [0.15, 0.2) is 29.4 Å². The summed E-state index contributed by atoms with van der Waals surface area (Å²) in [6.07, 6.45) is 4.13. The van der Waals surface area contributed by atoms with Crippen molar-refractivity contribution in [2.45, 2.75) is 51.2 Å². The van der Waals surface area contributed by atoms with Gasteiger partial charge in [-0.1, -0.05) is 25.1 Å². The normalized spacial score (nSPS) is 15.2. The minimum Gasteiger partial charge on any atom is -0.316 e. The minimum absolute atomic E-state index is 0.159. The molecule has 166 valence electrons. The number of carbonyl (C=O) groups excluding carboxylic acids is 1. The van der Waals surface area contributed by atoms with Crippen LogP contribution in [0.3, 0.4) is 0 Å². The average molecular weight is 470 g/mol. The summed E-state index contributed by atoms with van der Waals surface area (Å²) >= 11 is 2.83. The van der Waals surface area contributed by atoms with E-state index in [0.29, 0.717) is 34.0 Å². The monoisotopic (exact) mass is 469 g/mol. The van der Waals surface area contributed by atoms with Gasteiger partial charge in [0.2, 0.25) is 5.91 Å². The van der Waals surface area contributed by atoms with Crippen molar-refractivity contribution in [1.29, 1.82) is 5.26 Å². The Balaban J connectivity index is 1.45. The first kappa shape index (κ1) is 22.5. The second-order valence-electron chi connectivity index (χ2n) is 7.73. The Hall–Kier alpha value is -2.70. The van der Waals surface area contributed by atoms with Gasteiger partial charge in [0.15, 0.2) is 11.0 Å². The summed E-state index contributed by atoms with van der Waals surface area (Å²) in [7, 11) is 0. The van der Waals surface area contributed by atoms with Crippen molar-refractivity contribution in [3.8, 4) is 17.5 Å². The zero-order valence-electron chi connectivity index (χ0n) is 18.0. The minimum atomic E-state index is -0.306. The predicted molar refractivity (Wildman–Crippen MR) is 125 cm³/mol. The van der Waals surface area contributed by atoms with Crippen molar-refractivity contribution < 1.29 is 9.18 Å². The highest BCUT2D eigenvalue weighted by Crippen LogP contribution is 2.40. The maximum absolute atomic E-state index is 13.2. The van der Waals surface area contributed by atoms with Gasteiger partial charge in [-0.3, -0.25) is 4.79 Å². The molecule has 1 N–H and O–H groups in total. The number of anilines is 1. The molecule has 1 aromatic carbocycles. The van der Waals surface area contributed by atoms with Crippen LogP contribution in [-0.2, 0) is 24.2 Å². The molecule has 6 nitrogen and oxygen atoms in total. The summed E-state index contributed by atoms with van der Waals surface area (Å²) in [6, 6.07) is 8.40. The lowest BCUT2D eigenvalue weighted by Gasteiger charge is -2.20. The molecule has 3 aromatic rings. The van der Waals surface area contributed by atoms with E-state index in [2.05, 4.69) is 28.5 Å². The second kappa shape index (κ2) is 9.84. The Morgan fingerprint density at radius 3 is 2.81 bits per heavy atom. The highest BCUT2D eigenvalue weighted by molar-refractivity contribution is 7.99. The number of hydrogen-bond acceptors (Lipinski definition) is 6. The first-order chi connectivity index (χ1) is 15.5. The SMILES string of the molecule is CCC1CCc2c(sc(NC(=O)CSc3nnc(-c4ccc(F)cc4)n3CC)c2C#N)C1. The van der Waals surface area contributed by atoms with Gasteiger partial charge in [0, 0.05) is 17.0 Å². The summed E-state index contributed by atoms with van der Waals surface area (Å²) in [5, 5.41) is 22.3. The second-order valence-corrected chi connectivity index (χ2v) is 9.78. The molecule has 1 atom stereocenters. The Morgan fingerprint density at radius 2 is 2.12 bits per heavy atom. The summed E-state index contributed by atoms with van der Waals surface area (Å²) < 4.78 is 15.1. The molecule has 0 saturated heterocycles. The van der Waals surface area contributed by atoms with Crippen molar-refractivity contribution in [1.82, 2.24) is 14.8 Å². The van der Waals surface area contributed by atoms with Crippen molar-refractivity contribution in [2.75, 3.05) is 11.1 Å². The van der Waals surface area contributed by atoms with Crippen LogP contribution in [0.5, 0.6) is 0 Å². The Kier molecular flexibility index (Phi) is 6.92. The summed E-state index contributed by atoms with van der Waals surface area (Å²) in [6.45, 7) is 4.79. The number of amides is 1. The molecule has 2 aromatic heterocycles. The molecule has 32 heavy (non-hydrogen) atoms. The number of thioether (sulfide) groups is 1. The maximum Gasteiger partial charge on any atom is 0.235 e. The number of halogens is 1. The van der Waals surface area contributed by atoms with Gasteiger partial charge in [0.1, 0.15) is 16.9 Å². The van der Waals surface area contributed by atoms with E-state index in [9.17, 15) is 14.4 Å². The third kappa shape index (κ3) is 4.57. The zero-order chi connectivity index (χ0) is 22.7. The molecule has 0 radical (unpaired) electrons. The van der Waals surface area contributed by atoms with Crippen LogP contribution in [0.1, 0.15) is 42.7 Å². The molecular formula is C23H24FN5OS2. The number of nitrogens with one attached hydrogen (secondary N) is 1. The molecule has 0 spiro atoms. The maximum atomic E-state index is 13.2. The molecule has 2 heterocycles. The highest BCUT2D eigenvalue weighted by Gasteiger charge is 2.26. The Bertz CT molecular complexity index is 1160. The van der Waals surface area contributed by atoms with E-state index in [1.165, 1.54) is 40.1 Å². The van der Waals surface area contributed by atoms with Crippen LogP contribution in [0, 0.1) is 23.1 Å². The fourth-order valence-corrected chi connectivity index (χ4v) is 6.13. The van der Waals surface area contributed by atoms with Crippen molar-refractivity contribution in [3.05, 3.63) is 46.1 Å². The largest absolute Gasteiger partial charge is 0.316 e. The number of hydrogen-bond donors (Lipinski definition) is 1. The van der Waals surface area contributed by atoms with Crippen LogP contribution in [0.4, 0.5) is 9.39 Å². The van der Waals surface area contributed by atoms with E-state index < -0.39 is 0 Å². The number of thiophene rings is 1. The van der Waals surface area contributed by atoms with Gasteiger partial charge in [0.05, 0.1) is 11.3 Å². The number of benzene rings is 1. The number of rotatable bonds is 7. The first-order valence-corrected chi connectivity index (χ1v) is 12.5. The third-order valence-electron chi connectivity index (χ3n) is 5.78. The van der Waals surface area contributed by atoms with Gasteiger partial charge in [-0.2, -0.15) is 5.26 Å². The van der Waals surface area contributed by atoms with Crippen LogP contribution >= 0.6 is 23.1 Å². The Labute approximate surface area is 194 Å². The van der Waals surface area contributed by atoms with Crippen molar-refractivity contribution in [2.24, 2.45) is 5.92 Å². The summed E-state index contributed by atoms with van der Waals surface area (Å²) in [4.78, 5) is 13.9. The molecule has 9 heteroatoms. The van der Waals surface area contributed by atoms with Crippen molar-refractivity contribution in [3.63, 3.8) is 0 Å². The van der Waals surface area contributed by atoms with E-state index >= 15 is 0 Å². The van der Waals surface area contributed by atoms with E-state index in [1.54, 1.807) is 12.1 Å². The van der Waals surface area contributed by atoms with Crippen LogP contribution < -0.4 is 5.32 Å². The lowest BCUT2D eigenvalue weighted by Crippen LogP contribution is -2.15. The van der Waals surface area contributed by atoms with Gasteiger partial charge in [-0.25, -0.2) is 4.39 Å². The summed E-state index contributed by atoms with van der Waals surface area (Å²) in [5.74, 6) is 0.971. The molecule has 0 bridgehead atoms. The first-order valence-electron chi connectivity index (χ1n) is 10.7. The van der Waals surface area contributed by atoms with Gasteiger partial charge in [0.25, 0.3) is 0 Å². The molecule has 1 aliphatic rings. The molecule has 1 unspecified atom stereocenters. The number of carbonyl (C=O) groups is 1. The molecule has 0 fully saturated rings. The lowest BCUT2D eigenvalue weighted by molar-refractivity contribution is -0.113. The van der Waals surface area contributed by atoms with Crippen LogP contribution in [-0.4, -0.2) is 26.4 Å². The molecule has 0 saturated carbocycles. The molecule has 4 rings (SSSR count). The fourth-order valence-electron chi connectivity index (χ4n) is 3.99. The molecule has 1 aliphatic carbocycles. The van der Waals surface area contributed by atoms with Crippen molar-refractivity contribution >= 4 is 34.0 Å². The Morgan fingerprint density at radius 1 is 1.34 bits per heavy atom. The molecule has 0 aliphatic heterocycles. The number of nitriles is 1. The zero-order valence-corrected chi connectivity index (χ0v) is 19.7. The van der Waals surface area contributed by atoms with Crippen LogP contribution in [0.25, 0.3) is 11.4 Å². The van der Waals surface area contributed by atoms with Gasteiger partial charge >= 0.3 is 0 Å². The third-order valence-corrected chi connectivity index (χ3v) is 7.91. The van der Waals surface area contributed by atoms with Gasteiger partial charge in [-0.05, 0) is 61.9 Å². The van der Waals surface area contributed by atoms with Gasteiger partial charge in [-0.15, -0.1) is 21.5 Å². The quantitative estimate of drug-likeness (QED) is 0.476. The topological polar surface area (TPSA) is 83.6 Å². The predicted octanol–water partition coefficient (Wildman–Crippen LogP) is 5.28. The summed E-state index contributed by atoms with van der Waals surface area (Å²) in [5.41, 5.74) is 2.50. The van der Waals surface area contributed by atoms with E-state index in [-0.39, 0.29) is 17.5 Å². The fraction of sp³-hybridized carbons (Fsp3) is 0.391. The van der Waals surface area contributed by atoms with E-state index in [4.69, 9.17) is 0 Å². The smallest absolute Gasteiger partial charge is 0.235 e. The lowest BCUT2D eigenvalue weighted by atomic mass is 9.86. The standard InChI is InChI=1S/C23H24FN5OS2/c1-3-14-5-10-17-18(12-25)22(32-19(17)11-14)26-20(30)13-31-23-28-27-21(29(23)4-2)15-6-8-16(24)9-7-15/h6-9,14H,3-5,10-11,13H2,1-2H3,(H,26,30).